The molecule has 0 bridgehead atoms. The molecule has 0 saturated carbocycles. The van der Waals surface area contributed by atoms with Crippen molar-refractivity contribution >= 4 is 15.9 Å². The first-order valence-electron chi connectivity index (χ1n) is 7.54. The number of ether oxygens (including phenoxy) is 2. The first-order valence-corrected chi connectivity index (χ1v) is 9.36. The molecule has 0 spiro atoms. The highest BCUT2D eigenvalue weighted by Crippen LogP contribution is 2.30. The van der Waals surface area contributed by atoms with Crippen LogP contribution in [0.25, 0.3) is 0 Å². The van der Waals surface area contributed by atoms with E-state index in [-0.39, 0.29) is 29.7 Å². The minimum absolute atomic E-state index is 0.0351. The molecule has 8 heteroatoms. The van der Waals surface area contributed by atoms with Crippen molar-refractivity contribution in [1.29, 1.82) is 0 Å². The molecule has 2 amide bonds. The van der Waals surface area contributed by atoms with Crippen molar-refractivity contribution in [1.82, 2.24) is 10.2 Å². The van der Waals surface area contributed by atoms with Gasteiger partial charge in [0.15, 0.2) is 27.4 Å². The standard InChI is InChI=1S/C15H20N2O5S/c1-17(11-6-7-23(19,20)10-11)15(18)16-8-12-9-21-13-4-2-3-5-14(13)22-12/h2-5,11-12H,6-10H2,1H3,(H,16,18)/t11-,12-/m1/s1. The fourth-order valence-electron chi connectivity index (χ4n) is 2.74. The Labute approximate surface area is 135 Å². The van der Waals surface area contributed by atoms with Gasteiger partial charge < -0.3 is 19.7 Å². The summed E-state index contributed by atoms with van der Waals surface area (Å²) in [6, 6.07) is 6.82. The summed E-state index contributed by atoms with van der Waals surface area (Å²) in [5.41, 5.74) is 0. The number of para-hydroxylation sites is 2. The van der Waals surface area contributed by atoms with Crippen LogP contribution in [0.15, 0.2) is 24.3 Å². The van der Waals surface area contributed by atoms with Crippen molar-refractivity contribution in [2.24, 2.45) is 0 Å². The number of hydrogen-bond acceptors (Lipinski definition) is 5. The number of benzene rings is 1. The van der Waals surface area contributed by atoms with Crippen LogP contribution in [0.1, 0.15) is 6.42 Å². The lowest BCUT2D eigenvalue weighted by Gasteiger charge is -2.28. The van der Waals surface area contributed by atoms with Crippen LogP contribution < -0.4 is 14.8 Å². The third-order valence-electron chi connectivity index (χ3n) is 4.12. The van der Waals surface area contributed by atoms with Gasteiger partial charge in [-0.15, -0.1) is 0 Å². The third-order valence-corrected chi connectivity index (χ3v) is 5.88. The average molecular weight is 340 g/mol. The highest BCUT2D eigenvalue weighted by atomic mass is 32.2. The zero-order valence-corrected chi connectivity index (χ0v) is 13.7. The fourth-order valence-corrected chi connectivity index (χ4v) is 4.51. The van der Waals surface area contributed by atoms with E-state index in [2.05, 4.69) is 5.32 Å². The number of fused-ring (bicyclic) bond motifs is 1. The van der Waals surface area contributed by atoms with Crippen LogP contribution >= 0.6 is 0 Å². The van der Waals surface area contributed by atoms with Crippen molar-refractivity contribution in [2.45, 2.75) is 18.6 Å². The second kappa shape index (κ2) is 6.27. The van der Waals surface area contributed by atoms with Crippen LogP contribution in [-0.2, 0) is 9.84 Å². The smallest absolute Gasteiger partial charge is 0.317 e. The molecular formula is C15H20N2O5S. The SMILES string of the molecule is CN(C(=O)NC[C@@H]1COc2ccccc2O1)[C@@H]1CCS(=O)(=O)C1. The lowest BCUT2D eigenvalue weighted by molar-refractivity contribution is 0.0900. The molecule has 0 aliphatic carbocycles. The molecule has 126 valence electrons. The quantitative estimate of drug-likeness (QED) is 0.873. The summed E-state index contributed by atoms with van der Waals surface area (Å²) >= 11 is 0. The summed E-state index contributed by atoms with van der Waals surface area (Å²) < 4.78 is 34.3. The predicted octanol–water partition coefficient (Wildman–Crippen LogP) is 0.655. The van der Waals surface area contributed by atoms with Crippen LogP contribution in [0.2, 0.25) is 0 Å². The second-order valence-corrected chi connectivity index (χ2v) is 8.08. The third kappa shape index (κ3) is 3.69. The molecule has 1 N–H and O–H groups in total. The molecule has 1 aromatic rings. The number of carbonyl (C=O) groups is 1. The van der Waals surface area contributed by atoms with E-state index in [0.717, 1.165) is 0 Å². The molecule has 2 atom stereocenters. The van der Waals surface area contributed by atoms with Crippen LogP contribution in [0, 0.1) is 0 Å². The van der Waals surface area contributed by atoms with Gasteiger partial charge >= 0.3 is 6.03 Å². The van der Waals surface area contributed by atoms with Crippen LogP contribution in [0.4, 0.5) is 4.79 Å². The number of rotatable bonds is 3. The van der Waals surface area contributed by atoms with Gasteiger partial charge in [0.25, 0.3) is 0 Å². The zero-order valence-electron chi connectivity index (χ0n) is 12.9. The maximum absolute atomic E-state index is 12.2. The van der Waals surface area contributed by atoms with Gasteiger partial charge in [-0.05, 0) is 18.6 Å². The zero-order chi connectivity index (χ0) is 16.4. The second-order valence-electron chi connectivity index (χ2n) is 5.85. The van der Waals surface area contributed by atoms with E-state index in [9.17, 15) is 13.2 Å². The van der Waals surface area contributed by atoms with Crippen LogP contribution in [-0.4, -0.2) is 63.2 Å². The topological polar surface area (TPSA) is 84.9 Å². The largest absolute Gasteiger partial charge is 0.486 e. The highest BCUT2D eigenvalue weighted by Gasteiger charge is 2.33. The maximum Gasteiger partial charge on any atom is 0.317 e. The van der Waals surface area contributed by atoms with Gasteiger partial charge in [-0.1, -0.05) is 12.1 Å². The fraction of sp³-hybridized carbons (Fsp3) is 0.533. The lowest BCUT2D eigenvalue weighted by Crippen LogP contribution is -2.48. The van der Waals surface area contributed by atoms with E-state index in [4.69, 9.17) is 9.47 Å². The molecule has 0 aromatic heterocycles. The van der Waals surface area contributed by atoms with Crippen LogP contribution in [0.3, 0.4) is 0 Å². The molecule has 0 radical (unpaired) electrons. The van der Waals surface area contributed by atoms with Crippen molar-refractivity contribution < 1.29 is 22.7 Å². The Morgan fingerprint density at radius 2 is 2.09 bits per heavy atom. The Morgan fingerprint density at radius 3 is 2.78 bits per heavy atom. The number of nitrogens with zero attached hydrogens (tertiary/aromatic N) is 1. The summed E-state index contributed by atoms with van der Waals surface area (Å²) in [6.07, 6.45) is 0.220. The minimum Gasteiger partial charge on any atom is -0.486 e. The number of nitrogens with one attached hydrogen (secondary N) is 1. The van der Waals surface area contributed by atoms with Gasteiger partial charge in [0, 0.05) is 13.1 Å². The molecular weight excluding hydrogens is 320 g/mol. The summed E-state index contributed by atoms with van der Waals surface area (Å²) in [5, 5.41) is 2.77. The van der Waals surface area contributed by atoms with E-state index in [0.29, 0.717) is 31.1 Å². The van der Waals surface area contributed by atoms with E-state index >= 15 is 0 Å². The molecule has 2 aliphatic heterocycles. The monoisotopic (exact) mass is 340 g/mol. The molecule has 1 aromatic carbocycles. The van der Waals surface area contributed by atoms with Crippen LogP contribution in [0.5, 0.6) is 11.5 Å². The molecule has 2 aliphatic rings. The molecule has 1 fully saturated rings. The highest BCUT2D eigenvalue weighted by molar-refractivity contribution is 7.91. The summed E-state index contributed by atoms with van der Waals surface area (Å²) in [5.74, 6) is 1.54. The van der Waals surface area contributed by atoms with Gasteiger partial charge in [0.05, 0.1) is 18.1 Å². The normalized spacial score (nSPS) is 24.9. The number of hydrogen-bond donors (Lipinski definition) is 1. The van der Waals surface area contributed by atoms with Gasteiger partial charge in [-0.25, -0.2) is 13.2 Å². The van der Waals surface area contributed by atoms with Crippen molar-refractivity contribution in [3.63, 3.8) is 0 Å². The summed E-state index contributed by atoms with van der Waals surface area (Å²) in [6.45, 7) is 0.662. The predicted molar refractivity (Wildman–Crippen MR) is 84.6 cm³/mol. The number of carbonyl (C=O) groups excluding carboxylic acids is 1. The molecule has 3 rings (SSSR count). The van der Waals surface area contributed by atoms with Gasteiger partial charge in [0.1, 0.15) is 6.61 Å². The van der Waals surface area contributed by atoms with Crippen molar-refractivity contribution in [3.8, 4) is 11.5 Å². The first-order chi connectivity index (χ1) is 10.9. The molecule has 2 heterocycles. The Morgan fingerprint density at radius 1 is 1.35 bits per heavy atom. The average Bonchev–Trinajstić information content (AvgIpc) is 2.91. The molecule has 23 heavy (non-hydrogen) atoms. The van der Waals surface area contributed by atoms with Crippen molar-refractivity contribution in [2.75, 3.05) is 31.7 Å². The van der Waals surface area contributed by atoms with Gasteiger partial charge in [0.2, 0.25) is 0 Å². The molecule has 1 saturated heterocycles. The maximum atomic E-state index is 12.2. The molecule has 7 nitrogen and oxygen atoms in total. The van der Waals surface area contributed by atoms with Gasteiger partial charge in [-0.2, -0.15) is 0 Å². The van der Waals surface area contributed by atoms with Gasteiger partial charge in [-0.3, -0.25) is 0 Å². The Hall–Kier alpha value is -1.96. The number of amides is 2. The Kier molecular flexibility index (Phi) is 4.34. The summed E-state index contributed by atoms with van der Waals surface area (Å²) in [4.78, 5) is 13.6. The van der Waals surface area contributed by atoms with E-state index < -0.39 is 9.84 Å². The number of urea groups is 1. The Balaban J connectivity index is 1.50. The summed E-state index contributed by atoms with van der Waals surface area (Å²) in [7, 11) is -1.39. The minimum atomic E-state index is -3.01. The van der Waals surface area contributed by atoms with E-state index in [1.807, 2.05) is 24.3 Å². The number of sulfone groups is 1. The van der Waals surface area contributed by atoms with E-state index in [1.54, 1.807) is 7.05 Å². The Bertz CT molecular complexity index is 691. The molecule has 0 unspecified atom stereocenters. The lowest BCUT2D eigenvalue weighted by atomic mass is 10.2. The van der Waals surface area contributed by atoms with E-state index in [1.165, 1.54) is 4.90 Å². The first kappa shape index (κ1) is 15.9. The van der Waals surface area contributed by atoms with Crippen molar-refractivity contribution in [3.05, 3.63) is 24.3 Å².